The zero-order chi connectivity index (χ0) is 10.8. The summed E-state index contributed by atoms with van der Waals surface area (Å²) in [4.78, 5) is 0. The zero-order valence-electron chi connectivity index (χ0n) is 8.24. The fourth-order valence-electron chi connectivity index (χ4n) is 1.41. The molecule has 0 spiro atoms. The van der Waals surface area contributed by atoms with Crippen molar-refractivity contribution in [2.45, 2.75) is 12.8 Å². The number of aryl methyl sites for hydroxylation is 1. The number of nitrogens with zero attached hydrogens (tertiary/aromatic N) is 2. The third kappa shape index (κ3) is 2.24. The molecule has 2 nitrogen and oxygen atoms in total. The first-order valence-electron chi connectivity index (χ1n) is 4.57. The van der Waals surface area contributed by atoms with Crippen LogP contribution in [0.1, 0.15) is 11.1 Å². The fraction of sp³-hybridized carbons (Fsp3) is 0.182. The summed E-state index contributed by atoms with van der Waals surface area (Å²) in [6.07, 6.45) is 3.69. The Balaban J connectivity index is 2.42. The van der Waals surface area contributed by atoms with Crippen LogP contribution >= 0.6 is 27.5 Å². The summed E-state index contributed by atoms with van der Waals surface area (Å²) in [6.45, 7) is 2.06. The smallest absolute Gasteiger partial charge is 0.0648 e. The van der Waals surface area contributed by atoms with Crippen molar-refractivity contribution >= 4 is 27.5 Å². The van der Waals surface area contributed by atoms with Crippen LogP contribution in [0.3, 0.4) is 0 Å². The summed E-state index contributed by atoms with van der Waals surface area (Å²) in [5.74, 6) is 0.551. The molecule has 0 N–H and O–H groups in total. The fourth-order valence-corrected chi connectivity index (χ4v) is 2.00. The van der Waals surface area contributed by atoms with E-state index in [1.165, 1.54) is 5.56 Å². The first-order chi connectivity index (χ1) is 7.20. The first kappa shape index (κ1) is 10.7. The van der Waals surface area contributed by atoms with Gasteiger partial charge in [-0.05, 0) is 46.1 Å². The molecule has 0 amide bonds. The predicted octanol–water partition coefficient (Wildman–Crippen LogP) is 3.68. The molecule has 0 aliphatic rings. The third-order valence-corrected chi connectivity index (χ3v) is 2.98. The summed E-state index contributed by atoms with van der Waals surface area (Å²) in [5.41, 5.74) is 3.40. The van der Waals surface area contributed by atoms with Gasteiger partial charge in [-0.1, -0.05) is 6.07 Å². The number of aromatic nitrogens is 2. The van der Waals surface area contributed by atoms with Crippen LogP contribution in [0.4, 0.5) is 0 Å². The molecule has 4 heteroatoms. The Morgan fingerprint density at radius 3 is 2.80 bits per heavy atom. The second kappa shape index (κ2) is 4.37. The molecule has 0 aliphatic carbocycles. The third-order valence-electron chi connectivity index (χ3n) is 2.29. The molecule has 0 radical (unpaired) electrons. The molecule has 2 aromatic rings. The number of alkyl halides is 1. The molecule has 1 heterocycles. The molecule has 0 unspecified atom stereocenters. The lowest BCUT2D eigenvalue weighted by atomic mass is 10.1. The van der Waals surface area contributed by atoms with Gasteiger partial charge in [-0.15, -0.1) is 11.6 Å². The summed E-state index contributed by atoms with van der Waals surface area (Å²) in [7, 11) is 0. The van der Waals surface area contributed by atoms with Gasteiger partial charge in [0.05, 0.1) is 16.4 Å². The van der Waals surface area contributed by atoms with Gasteiger partial charge < -0.3 is 0 Å². The van der Waals surface area contributed by atoms with Crippen LogP contribution in [-0.4, -0.2) is 9.78 Å². The van der Waals surface area contributed by atoms with E-state index in [4.69, 9.17) is 11.6 Å². The number of hydrogen-bond acceptors (Lipinski definition) is 1. The molecule has 0 fully saturated rings. The highest BCUT2D eigenvalue weighted by atomic mass is 79.9. The Morgan fingerprint density at radius 1 is 1.47 bits per heavy atom. The van der Waals surface area contributed by atoms with Crippen LogP contribution in [0.2, 0.25) is 0 Å². The molecule has 0 aliphatic heterocycles. The lowest BCUT2D eigenvalue weighted by Crippen LogP contribution is -1.96. The molecule has 15 heavy (non-hydrogen) atoms. The summed E-state index contributed by atoms with van der Waals surface area (Å²) >= 11 is 9.18. The maximum Gasteiger partial charge on any atom is 0.0648 e. The van der Waals surface area contributed by atoms with E-state index < -0.39 is 0 Å². The molecule has 0 atom stereocenters. The van der Waals surface area contributed by atoms with Crippen molar-refractivity contribution in [1.29, 1.82) is 0 Å². The second-order valence-electron chi connectivity index (χ2n) is 3.35. The van der Waals surface area contributed by atoms with Crippen LogP contribution in [0, 0.1) is 6.92 Å². The highest BCUT2D eigenvalue weighted by Crippen LogP contribution is 2.17. The molecule has 78 valence electrons. The normalized spacial score (nSPS) is 10.6. The summed E-state index contributed by atoms with van der Waals surface area (Å²) in [5, 5.41) is 4.22. The minimum Gasteiger partial charge on any atom is -0.240 e. The number of hydrogen-bond donors (Lipinski definition) is 0. The van der Waals surface area contributed by atoms with E-state index in [0.717, 1.165) is 15.7 Å². The molecule has 0 saturated carbocycles. The van der Waals surface area contributed by atoms with Gasteiger partial charge in [0.15, 0.2) is 0 Å². The minimum absolute atomic E-state index is 0.551. The Labute approximate surface area is 102 Å². The highest BCUT2D eigenvalue weighted by Gasteiger charge is 2.02. The van der Waals surface area contributed by atoms with Gasteiger partial charge >= 0.3 is 0 Å². The minimum atomic E-state index is 0.551. The summed E-state index contributed by atoms with van der Waals surface area (Å²) in [6, 6.07) is 6.13. The molecule has 1 aromatic carbocycles. The number of rotatable bonds is 2. The van der Waals surface area contributed by atoms with Gasteiger partial charge in [-0.2, -0.15) is 5.10 Å². The van der Waals surface area contributed by atoms with Crippen LogP contribution in [0.25, 0.3) is 5.69 Å². The van der Waals surface area contributed by atoms with Gasteiger partial charge in [-0.3, -0.25) is 0 Å². The van der Waals surface area contributed by atoms with E-state index >= 15 is 0 Å². The number of benzene rings is 1. The van der Waals surface area contributed by atoms with E-state index in [9.17, 15) is 0 Å². The Hall–Kier alpha value is -0.800. The van der Waals surface area contributed by atoms with E-state index in [1.54, 1.807) is 6.20 Å². The van der Waals surface area contributed by atoms with Crippen LogP contribution < -0.4 is 0 Å². The van der Waals surface area contributed by atoms with Gasteiger partial charge in [0, 0.05) is 12.1 Å². The standard InChI is InChI=1S/C11H10BrClN2/c1-8-4-11(3-2-9(8)5-13)15-7-10(12)6-14-15/h2-4,6-7H,5H2,1H3. The van der Waals surface area contributed by atoms with Gasteiger partial charge in [0.1, 0.15) is 0 Å². The SMILES string of the molecule is Cc1cc(-n2cc(Br)cn2)ccc1CCl. The van der Waals surface area contributed by atoms with E-state index in [0.29, 0.717) is 5.88 Å². The largest absolute Gasteiger partial charge is 0.240 e. The van der Waals surface area contributed by atoms with Gasteiger partial charge in [0.2, 0.25) is 0 Å². The lowest BCUT2D eigenvalue weighted by Gasteiger charge is -2.05. The van der Waals surface area contributed by atoms with Crippen LogP contribution in [0.5, 0.6) is 0 Å². The van der Waals surface area contributed by atoms with E-state index in [2.05, 4.69) is 34.0 Å². The second-order valence-corrected chi connectivity index (χ2v) is 4.53. The van der Waals surface area contributed by atoms with Crippen molar-refractivity contribution in [2.24, 2.45) is 0 Å². The average molecular weight is 286 g/mol. The maximum atomic E-state index is 5.80. The molecular formula is C11H10BrClN2. The molecule has 0 saturated heterocycles. The van der Waals surface area contributed by atoms with E-state index in [1.807, 2.05) is 23.0 Å². The number of halogens is 2. The Kier molecular flexibility index (Phi) is 3.12. The lowest BCUT2D eigenvalue weighted by molar-refractivity contribution is 0.878. The maximum absolute atomic E-state index is 5.80. The van der Waals surface area contributed by atoms with Crippen molar-refractivity contribution in [3.8, 4) is 5.69 Å². The van der Waals surface area contributed by atoms with Crippen molar-refractivity contribution < 1.29 is 0 Å². The van der Waals surface area contributed by atoms with Gasteiger partial charge in [0.25, 0.3) is 0 Å². The Bertz CT molecular complexity index is 479. The summed E-state index contributed by atoms with van der Waals surface area (Å²) < 4.78 is 2.80. The van der Waals surface area contributed by atoms with Crippen molar-refractivity contribution in [1.82, 2.24) is 9.78 Å². The Morgan fingerprint density at radius 2 is 2.27 bits per heavy atom. The molecule has 0 bridgehead atoms. The van der Waals surface area contributed by atoms with Crippen molar-refractivity contribution in [3.63, 3.8) is 0 Å². The topological polar surface area (TPSA) is 17.8 Å². The molecular weight excluding hydrogens is 275 g/mol. The average Bonchev–Trinajstić information content (AvgIpc) is 2.65. The van der Waals surface area contributed by atoms with Crippen molar-refractivity contribution in [2.75, 3.05) is 0 Å². The zero-order valence-corrected chi connectivity index (χ0v) is 10.6. The highest BCUT2D eigenvalue weighted by molar-refractivity contribution is 9.10. The van der Waals surface area contributed by atoms with Gasteiger partial charge in [-0.25, -0.2) is 4.68 Å². The van der Waals surface area contributed by atoms with Crippen LogP contribution in [-0.2, 0) is 5.88 Å². The van der Waals surface area contributed by atoms with E-state index in [-0.39, 0.29) is 0 Å². The first-order valence-corrected chi connectivity index (χ1v) is 5.89. The molecule has 1 aromatic heterocycles. The molecule has 2 rings (SSSR count). The monoisotopic (exact) mass is 284 g/mol. The quantitative estimate of drug-likeness (QED) is 0.770. The predicted molar refractivity (Wildman–Crippen MR) is 65.6 cm³/mol. The van der Waals surface area contributed by atoms with Crippen LogP contribution in [0.15, 0.2) is 35.1 Å². The van der Waals surface area contributed by atoms with Crippen molar-refractivity contribution in [3.05, 3.63) is 46.2 Å².